The second-order valence-corrected chi connectivity index (χ2v) is 8.79. The third kappa shape index (κ3) is 6.79. The van der Waals surface area contributed by atoms with Crippen molar-refractivity contribution in [3.63, 3.8) is 0 Å². The Morgan fingerprint density at radius 2 is 1.43 bits per heavy atom. The summed E-state index contributed by atoms with van der Waals surface area (Å²) < 4.78 is 118. The summed E-state index contributed by atoms with van der Waals surface area (Å²) in [6, 6.07) is 1.96. The molecule has 0 radical (unpaired) electrons. The second-order valence-electron chi connectivity index (χ2n) is 8.79. The molecule has 2 nitrogen and oxygen atoms in total. The number of ether oxygens (including phenoxy) is 2. The summed E-state index contributed by atoms with van der Waals surface area (Å²) in [6.45, 7) is -1.44. The van der Waals surface area contributed by atoms with Gasteiger partial charge in [0.1, 0.15) is 22.9 Å². The highest BCUT2D eigenvalue weighted by Gasteiger charge is 2.42. The topological polar surface area (TPSA) is 18.5 Å². The molecule has 0 unspecified atom stereocenters. The van der Waals surface area contributed by atoms with Gasteiger partial charge in [-0.3, -0.25) is 0 Å². The van der Waals surface area contributed by atoms with Gasteiger partial charge in [0, 0.05) is 12.1 Å². The second kappa shape index (κ2) is 11.5. The van der Waals surface area contributed by atoms with Crippen LogP contribution >= 0.6 is 0 Å². The Hall–Kier alpha value is -2.52. The minimum Gasteiger partial charge on any atom is -0.429 e. The van der Waals surface area contributed by atoms with E-state index in [2.05, 4.69) is 16.4 Å². The van der Waals surface area contributed by atoms with Crippen LogP contribution in [0, 0.1) is 29.2 Å². The largest absolute Gasteiger partial charge is 0.432 e. The molecule has 0 bridgehead atoms. The van der Waals surface area contributed by atoms with Crippen LogP contribution in [0.25, 0.3) is 0 Å². The SMILES string of the molecule is CCCCC[C@H]1CC[C@H](c2cc(F)c(C(F)(F)Oc3cc(F)c(OC(F)F)c(F)c3)c(F)c2)CC1. The molecule has 0 aliphatic heterocycles. The van der Waals surface area contributed by atoms with Crippen LogP contribution in [-0.2, 0) is 6.11 Å². The Morgan fingerprint density at radius 3 is 1.94 bits per heavy atom. The number of benzene rings is 2. The highest BCUT2D eigenvalue weighted by Crippen LogP contribution is 2.41. The molecule has 1 fully saturated rings. The van der Waals surface area contributed by atoms with Crippen LogP contribution in [0.5, 0.6) is 11.5 Å². The molecule has 10 heteroatoms. The highest BCUT2D eigenvalue weighted by atomic mass is 19.3. The normalized spacial score (nSPS) is 18.7. The maximum absolute atomic E-state index is 14.7. The zero-order chi connectivity index (χ0) is 25.8. The molecule has 2 aromatic carbocycles. The first-order chi connectivity index (χ1) is 16.5. The molecule has 0 saturated heterocycles. The molecule has 35 heavy (non-hydrogen) atoms. The van der Waals surface area contributed by atoms with Gasteiger partial charge in [0.25, 0.3) is 0 Å². The predicted molar refractivity (Wildman–Crippen MR) is 113 cm³/mol. The standard InChI is InChI=1S/C25H26F8O2/c1-2-3-4-5-14-6-8-15(9-7-14)16-10-18(26)22(19(27)11-16)25(32,33)35-17-12-20(28)23(21(29)13-17)34-24(30)31/h10-15,24H,2-9H2,1H3/t14-,15-. The number of alkyl halides is 4. The Bertz CT molecular complexity index is 957. The van der Waals surface area contributed by atoms with Crippen molar-refractivity contribution in [3.05, 3.63) is 58.7 Å². The molecular weight excluding hydrogens is 484 g/mol. The van der Waals surface area contributed by atoms with E-state index < -0.39 is 53.1 Å². The van der Waals surface area contributed by atoms with Crippen molar-refractivity contribution in [3.8, 4) is 11.5 Å². The Morgan fingerprint density at radius 1 is 0.857 bits per heavy atom. The van der Waals surface area contributed by atoms with Crippen molar-refractivity contribution in [2.45, 2.75) is 76.9 Å². The van der Waals surface area contributed by atoms with Crippen molar-refractivity contribution in [2.24, 2.45) is 5.92 Å². The van der Waals surface area contributed by atoms with Gasteiger partial charge in [-0.05, 0) is 55.2 Å². The molecule has 2 aromatic rings. The number of unbranched alkanes of at least 4 members (excludes halogenated alkanes) is 2. The highest BCUT2D eigenvalue weighted by molar-refractivity contribution is 5.36. The van der Waals surface area contributed by atoms with Gasteiger partial charge in [-0.1, -0.05) is 32.6 Å². The van der Waals surface area contributed by atoms with Crippen LogP contribution in [0.3, 0.4) is 0 Å². The van der Waals surface area contributed by atoms with Gasteiger partial charge in [0.2, 0.25) is 0 Å². The molecule has 1 aliphatic carbocycles. The molecule has 0 aromatic heterocycles. The molecule has 1 aliphatic rings. The van der Waals surface area contributed by atoms with E-state index in [4.69, 9.17) is 0 Å². The molecule has 0 heterocycles. The zero-order valence-electron chi connectivity index (χ0n) is 19.0. The van der Waals surface area contributed by atoms with Crippen LogP contribution < -0.4 is 9.47 Å². The van der Waals surface area contributed by atoms with Crippen LogP contribution in [0.15, 0.2) is 24.3 Å². The van der Waals surface area contributed by atoms with Gasteiger partial charge < -0.3 is 9.47 Å². The van der Waals surface area contributed by atoms with E-state index in [1.165, 1.54) is 0 Å². The third-order valence-corrected chi connectivity index (χ3v) is 6.31. The maximum Gasteiger partial charge on any atom is 0.432 e. The molecule has 3 rings (SSSR count). The van der Waals surface area contributed by atoms with Crippen molar-refractivity contribution >= 4 is 0 Å². The van der Waals surface area contributed by atoms with E-state index in [9.17, 15) is 35.1 Å². The van der Waals surface area contributed by atoms with E-state index in [1.54, 1.807) is 0 Å². The van der Waals surface area contributed by atoms with Crippen LogP contribution in [0.1, 0.15) is 75.3 Å². The van der Waals surface area contributed by atoms with Crippen molar-refractivity contribution in [2.75, 3.05) is 0 Å². The lowest BCUT2D eigenvalue weighted by molar-refractivity contribution is -0.189. The fraction of sp³-hybridized carbons (Fsp3) is 0.520. The van der Waals surface area contributed by atoms with E-state index in [0.717, 1.165) is 50.7 Å². The van der Waals surface area contributed by atoms with Gasteiger partial charge in [-0.2, -0.15) is 17.6 Å². The summed E-state index contributed by atoms with van der Waals surface area (Å²) in [7, 11) is 0. The molecular formula is C25H26F8O2. The van der Waals surface area contributed by atoms with Gasteiger partial charge >= 0.3 is 12.7 Å². The minimum atomic E-state index is -4.65. The van der Waals surface area contributed by atoms with Crippen molar-refractivity contribution < 1.29 is 44.6 Å². The van der Waals surface area contributed by atoms with Gasteiger partial charge in [0.05, 0.1) is 0 Å². The smallest absolute Gasteiger partial charge is 0.429 e. The Labute approximate surface area is 198 Å². The summed E-state index contributed by atoms with van der Waals surface area (Å²) in [6.07, 6.45) is 3.02. The monoisotopic (exact) mass is 510 g/mol. The summed E-state index contributed by atoms with van der Waals surface area (Å²) in [5.41, 5.74) is -1.46. The Kier molecular flexibility index (Phi) is 8.88. The van der Waals surface area contributed by atoms with Gasteiger partial charge in [0.15, 0.2) is 17.4 Å². The number of hydrogen-bond acceptors (Lipinski definition) is 2. The third-order valence-electron chi connectivity index (χ3n) is 6.31. The average Bonchev–Trinajstić information content (AvgIpc) is 2.76. The minimum absolute atomic E-state index is 0.151. The van der Waals surface area contributed by atoms with Crippen LogP contribution in [-0.4, -0.2) is 6.61 Å². The predicted octanol–water partition coefficient (Wildman–Crippen LogP) is 8.83. The molecule has 0 amide bonds. The van der Waals surface area contributed by atoms with E-state index in [0.29, 0.717) is 18.8 Å². The number of hydrogen-bond donors (Lipinski definition) is 0. The van der Waals surface area contributed by atoms with E-state index >= 15 is 0 Å². The summed E-state index contributed by atoms with van der Waals surface area (Å²) in [5, 5.41) is 0. The number of rotatable bonds is 10. The summed E-state index contributed by atoms with van der Waals surface area (Å²) >= 11 is 0. The zero-order valence-corrected chi connectivity index (χ0v) is 19.0. The molecule has 194 valence electrons. The molecule has 0 spiro atoms. The fourth-order valence-corrected chi connectivity index (χ4v) is 4.57. The molecule has 1 saturated carbocycles. The van der Waals surface area contributed by atoms with Crippen LogP contribution in [0.4, 0.5) is 35.1 Å². The lowest BCUT2D eigenvalue weighted by atomic mass is 9.77. The first kappa shape index (κ1) is 27.1. The lowest BCUT2D eigenvalue weighted by Gasteiger charge is -2.29. The summed E-state index contributed by atoms with van der Waals surface area (Å²) in [4.78, 5) is 0. The lowest BCUT2D eigenvalue weighted by Crippen LogP contribution is -2.26. The van der Waals surface area contributed by atoms with Gasteiger partial charge in [-0.25, -0.2) is 17.6 Å². The molecule has 0 atom stereocenters. The average molecular weight is 510 g/mol. The van der Waals surface area contributed by atoms with Gasteiger partial charge in [-0.15, -0.1) is 0 Å². The first-order valence-electron chi connectivity index (χ1n) is 11.5. The van der Waals surface area contributed by atoms with E-state index in [-0.39, 0.29) is 23.6 Å². The van der Waals surface area contributed by atoms with E-state index in [1.807, 2.05) is 0 Å². The summed E-state index contributed by atoms with van der Waals surface area (Å²) in [5.74, 6) is -8.93. The Balaban J connectivity index is 1.74. The first-order valence-corrected chi connectivity index (χ1v) is 11.5. The van der Waals surface area contributed by atoms with Crippen LogP contribution in [0.2, 0.25) is 0 Å². The fourth-order valence-electron chi connectivity index (χ4n) is 4.57. The van der Waals surface area contributed by atoms with Crippen molar-refractivity contribution in [1.82, 2.24) is 0 Å². The van der Waals surface area contributed by atoms with Crippen molar-refractivity contribution in [1.29, 1.82) is 0 Å². The molecule has 0 N–H and O–H groups in total. The number of halogens is 8. The maximum atomic E-state index is 14.7. The quantitative estimate of drug-likeness (QED) is 0.235.